The molecule has 13 heavy (non-hydrogen) atoms. The van der Waals surface area contributed by atoms with Crippen LogP contribution in [0, 0.1) is 18.3 Å². The van der Waals surface area contributed by atoms with E-state index in [9.17, 15) is 0 Å². The molecule has 2 heteroatoms. The summed E-state index contributed by atoms with van der Waals surface area (Å²) in [5, 5.41) is 9.02. The third-order valence-electron chi connectivity index (χ3n) is 2.36. The SMILES string of the molecule is Cc1ccc2c(c1)C(C#N)SCC2. The highest BCUT2D eigenvalue weighted by atomic mass is 32.2. The molecular weight excluding hydrogens is 178 g/mol. The molecule has 1 aromatic carbocycles. The summed E-state index contributed by atoms with van der Waals surface area (Å²) in [4.78, 5) is 0. The van der Waals surface area contributed by atoms with Crippen LogP contribution in [0.1, 0.15) is 21.9 Å². The number of fused-ring (bicyclic) bond motifs is 1. The van der Waals surface area contributed by atoms with Crippen molar-refractivity contribution in [3.63, 3.8) is 0 Å². The Kier molecular flexibility index (Phi) is 2.28. The third kappa shape index (κ3) is 1.57. The van der Waals surface area contributed by atoms with Gasteiger partial charge in [-0.15, -0.1) is 11.8 Å². The van der Waals surface area contributed by atoms with Crippen molar-refractivity contribution in [1.82, 2.24) is 0 Å². The number of thioether (sulfide) groups is 1. The van der Waals surface area contributed by atoms with Gasteiger partial charge in [-0.2, -0.15) is 5.26 Å². The van der Waals surface area contributed by atoms with Crippen molar-refractivity contribution in [1.29, 1.82) is 5.26 Å². The number of hydrogen-bond donors (Lipinski definition) is 0. The molecule has 0 radical (unpaired) electrons. The first-order chi connectivity index (χ1) is 6.31. The van der Waals surface area contributed by atoms with Gasteiger partial charge in [0.05, 0.1) is 6.07 Å². The summed E-state index contributed by atoms with van der Waals surface area (Å²) in [6.07, 6.45) is 1.11. The summed E-state index contributed by atoms with van der Waals surface area (Å²) in [7, 11) is 0. The number of aryl methyl sites for hydroxylation is 2. The van der Waals surface area contributed by atoms with Crippen LogP contribution in [0.25, 0.3) is 0 Å². The first-order valence-corrected chi connectivity index (χ1v) is 5.47. The highest BCUT2D eigenvalue weighted by molar-refractivity contribution is 7.99. The fraction of sp³-hybridized carbons (Fsp3) is 0.364. The molecule has 1 aliphatic heterocycles. The molecule has 0 saturated heterocycles. The van der Waals surface area contributed by atoms with E-state index in [2.05, 4.69) is 31.2 Å². The third-order valence-corrected chi connectivity index (χ3v) is 3.49. The van der Waals surface area contributed by atoms with Crippen LogP contribution in [0.15, 0.2) is 18.2 Å². The molecule has 0 aromatic heterocycles. The number of nitriles is 1. The zero-order valence-corrected chi connectivity index (χ0v) is 8.40. The molecule has 1 aromatic rings. The minimum absolute atomic E-state index is 0.0589. The predicted molar refractivity (Wildman–Crippen MR) is 55.7 cm³/mol. The summed E-state index contributed by atoms with van der Waals surface area (Å²) in [6, 6.07) is 8.79. The molecule has 0 fully saturated rings. The van der Waals surface area contributed by atoms with Crippen molar-refractivity contribution in [2.24, 2.45) is 0 Å². The van der Waals surface area contributed by atoms with E-state index in [4.69, 9.17) is 5.26 Å². The van der Waals surface area contributed by atoms with Crippen molar-refractivity contribution in [2.75, 3.05) is 5.75 Å². The molecule has 1 atom stereocenters. The lowest BCUT2D eigenvalue weighted by Crippen LogP contribution is -2.06. The highest BCUT2D eigenvalue weighted by Gasteiger charge is 2.19. The van der Waals surface area contributed by atoms with Gasteiger partial charge in [0.15, 0.2) is 0 Å². The molecule has 1 heterocycles. The lowest BCUT2D eigenvalue weighted by Gasteiger charge is -2.20. The summed E-state index contributed by atoms with van der Waals surface area (Å²) in [6.45, 7) is 2.08. The van der Waals surface area contributed by atoms with Crippen molar-refractivity contribution in [3.05, 3.63) is 34.9 Å². The van der Waals surface area contributed by atoms with E-state index in [1.54, 1.807) is 11.8 Å². The molecule has 0 bridgehead atoms. The molecule has 0 amide bonds. The fourth-order valence-corrected chi connectivity index (χ4v) is 2.72. The van der Waals surface area contributed by atoms with Crippen LogP contribution in [0.4, 0.5) is 0 Å². The van der Waals surface area contributed by atoms with E-state index in [0.717, 1.165) is 12.2 Å². The number of hydrogen-bond acceptors (Lipinski definition) is 2. The molecule has 1 unspecified atom stereocenters. The second-order valence-electron chi connectivity index (χ2n) is 3.33. The Hall–Kier alpha value is -0.940. The average molecular weight is 189 g/mol. The Bertz CT molecular complexity index is 365. The Labute approximate surface area is 82.8 Å². The molecule has 1 nitrogen and oxygen atoms in total. The maximum Gasteiger partial charge on any atom is 0.117 e. The minimum Gasteiger partial charge on any atom is -0.197 e. The summed E-state index contributed by atoms with van der Waals surface area (Å²) >= 11 is 1.75. The standard InChI is InChI=1S/C11H11NS/c1-8-2-3-9-4-5-13-11(7-12)10(9)6-8/h2-3,6,11H,4-5H2,1H3. The molecule has 0 N–H and O–H groups in total. The topological polar surface area (TPSA) is 23.8 Å². The second kappa shape index (κ2) is 3.43. The van der Waals surface area contributed by atoms with Crippen molar-refractivity contribution in [2.45, 2.75) is 18.6 Å². The Morgan fingerprint density at radius 1 is 1.54 bits per heavy atom. The maximum absolute atomic E-state index is 8.96. The minimum atomic E-state index is 0.0589. The number of nitrogens with zero attached hydrogens (tertiary/aromatic N) is 1. The number of benzene rings is 1. The van der Waals surface area contributed by atoms with Gasteiger partial charge < -0.3 is 0 Å². The lowest BCUT2D eigenvalue weighted by atomic mass is 10.00. The molecule has 66 valence electrons. The van der Waals surface area contributed by atoms with Gasteiger partial charge in [0.25, 0.3) is 0 Å². The van der Waals surface area contributed by atoms with E-state index in [1.165, 1.54) is 16.7 Å². The predicted octanol–water partition coefficient (Wildman–Crippen LogP) is 2.85. The van der Waals surface area contributed by atoms with Crippen LogP contribution in [-0.2, 0) is 6.42 Å². The lowest BCUT2D eigenvalue weighted by molar-refractivity contribution is 1.04. The van der Waals surface area contributed by atoms with E-state index >= 15 is 0 Å². The van der Waals surface area contributed by atoms with E-state index in [1.807, 2.05) is 0 Å². The van der Waals surface area contributed by atoms with E-state index in [0.29, 0.717) is 0 Å². The molecule has 0 saturated carbocycles. The van der Waals surface area contributed by atoms with Crippen molar-refractivity contribution < 1.29 is 0 Å². The fourth-order valence-electron chi connectivity index (χ4n) is 1.67. The second-order valence-corrected chi connectivity index (χ2v) is 4.55. The van der Waals surface area contributed by atoms with Gasteiger partial charge in [-0.05, 0) is 30.2 Å². The van der Waals surface area contributed by atoms with Gasteiger partial charge in [-0.25, -0.2) is 0 Å². The number of rotatable bonds is 0. The van der Waals surface area contributed by atoms with Gasteiger partial charge >= 0.3 is 0 Å². The zero-order chi connectivity index (χ0) is 9.26. The van der Waals surface area contributed by atoms with Crippen molar-refractivity contribution in [3.8, 4) is 6.07 Å². The monoisotopic (exact) mass is 189 g/mol. The van der Waals surface area contributed by atoms with Gasteiger partial charge in [-0.3, -0.25) is 0 Å². The smallest absolute Gasteiger partial charge is 0.117 e. The van der Waals surface area contributed by atoms with E-state index in [-0.39, 0.29) is 5.25 Å². The Morgan fingerprint density at radius 3 is 3.15 bits per heavy atom. The van der Waals surface area contributed by atoms with Crippen LogP contribution in [-0.4, -0.2) is 5.75 Å². The molecular formula is C11H11NS. The quantitative estimate of drug-likeness (QED) is 0.626. The van der Waals surface area contributed by atoms with Gasteiger partial charge in [0, 0.05) is 0 Å². The van der Waals surface area contributed by atoms with Crippen LogP contribution >= 0.6 is 11.8 Å². The molecule has 2 rings (SSSR count). The average Bonchev–Trinajstić information content (AvgIpc) is 2.17. The van der Waals surface area contributed by atoms with E-state index < -0.39 is 0 Å². The van der Waals surface area contributed by atoms with Gasteiger partial charge in [0.1, 0.15) is 5.25 Å². The van der Waals surface area contributed by atoms with Gasteiger partial charge in [0.2, 0.25) is 0 Å². The normalized spacial score (nSPS) is 20.5. The molecule has 0 aliphatic carbocycles. The summed E-state index contributed by atoms with van der Waals surface area (Å²) in [5.41, 5.74) is 3.84. The largest absolute Gasteiger partial charge is 0.197 e. The van der Waals surface area contributed by atoms with Crippen LogP contribution in [0.2, 0.25) is 0 Å². The zero-order valence-electron chi connectivity index (χ0n) is 7.58. The molecule has 1 aliphatic rings. The first-order valence-electron chi connectivity index (χ1n) is 4.42. The van der Waals surface area contributed by atoms with Crippen LogP contribution in [0.3, 0.4) is 0 Å². The Morgan fingerprint density at radius 2 is 2.38 bits per heavy atom. The van der Waals surface area contributed by atoms with Crippen molar-refractivity contribution >= 4 is 11.8 Å². The van der Waals surface area contributed by atoms with Crippen LogP contribution in [0.5, 0.6) is 0 Å². The van der Waals surface area contributed by atoms with Crippen LogP contribution < -0.4 is 0 Å². The molecule has 0 spiro atoms. The highest BCUT2D eigenvalue weighted by Crippen LogP contribution is 2.36. The Balaban J connectivity index is 2.49. The van der Waals surface area contributed by atoms with Gasteiger partial charge in [-0.1, -0.05) is 23.8 Å². The summed E-state index contributed by atoms with van der Waals surface area (Å²) < 4.78 is 0. The summed E-state index contributed by atoms with van der Waals surface area (Å²) in [5.74, 6) is 1.08. The maximum atomic E-state index is 8.96. The first kappa shape index (κ1) is 8.65.